The summed E-state index contributed by atoms with van der Waals surface area (Å²) < 4.78 is 5.69. The Morgan fingerprint density at radius 1 is 0.733 bits per heavy atom. The Kier molecular flexibility index (Phi) is 5.94. The highest BCUT2D eigenvalue weighted by Gasteiger charge is 2.21. The van der Waals surface area contributed by atoms with Crippen molar-refractivity contribution in [3.8, 4) is 5.75 Å². The minimum Gasteiger partial charge on any atom is -0.493 e. The van der Waals surface area contributed by atoms with Crippen molar-refractivity contribution >= 4 is 29.0 Å². The van der Waals surface area contributed by atoms with Crippen molar-refractivity contribution in [2.45, 2.75) is 12.8 Å². The minimum absolute atomic E-state index is 0.203. The van der Waals surface area contributed by atoms with Gasteiger partial charge in [-0.05, 0) is 79.4 Å². The molecule has 3 N–H and O–H groups in total. The van der Waals surface area contributed by atoms with Gasteiger partial charge in [0.1, 0.15) is 5.75 Å². The number of carbonyl (C=O) groups excluding carboxylic acids is 2. The third-order valence-electron chi connectivity index (χ3n) is 4.73. The van der Waals surface area contributed by atoms with E-state index in [1.54, 1.807) is 36.4 Å². The van der Waals surface area contributed by atoms with Gasteiger partial charge in [0.05, 0.1) is 6.61 Å². The zero-order valence-electron chi connectivity index (χ0n) is 16.4. The number of ether oxygens (including phenoxy) is 1. The topological polar surface area (TPSA) is 79.5 Å². The van der Waals surface area contributed by atoms with Crippen LogP contribution in [0.1, 0.15) is 23.2 Å². The number of urea groups is 1. The monoisotopic (exact) mass is 401 g/mol. The Morgan fingerprint density at radius 2 is 1.30 bits per heavy atom. The number of hydrogen-bond donors (Lipinski definition) is 3. The van der Waals surface area contributed by atoms with E-state index in [4.69, 9.17) is 4.74 Å². The normalized spacial score (nSPS) is 12.7. The molecule has 1 aliphatic carbocycles. The summed E-state index contributed by atoms with van der Waals surface area (Å²) in [5, 5.41) is 8.36. The molecule has 0 spiro atoms. The molecule has 0 bridgehead atoms. The van der Waals surface area contributed by atoms with Gasteiger partial charge in [0, 0.05) is 22.6 Å². The molecule has 3 amide bonds. The van der Waals surface area contributed by atoms with Crippen molar-refractivity contribution in [2.75, 3.05) is 22.6 Å². The van der Waals surface area contributed by atoms with Crippen LogP contribution in [0.15, 0.2) is 78.9 Å². The summed E-state index contributed by atoms with van der Waals surface area (Å²) in [5.74, 6) is 1.27. The third kappa shape index (κ3) is 5.61. The number of hydrogen-bond acceptors (Lipinski definition) is 3. The van der Waals surface area contributed by atoms with Gasteiger partial charge in [-0.1, -0.05) is 18.2 Å². The van der Waals surface area contributed by atoms with Crippen LogP contribution in [-0.2, 0) is 0 Å². The van der Waals surface area contributed by atoms with Crippen LogP contribution in [-0.4, -0.2) is 18.5 Å². The summed E-state index contributed by atoms with van der Waals surface area (Å²) in [7, 11) is 0. The largest absolute Gasteiger partial charge is 0.493 e. The molecule has 0 aromatic heterocycles. The SMILES string of the molecule is O=C(Nc1ccccc1)Nc1ccc(NC(=O)c2ccc(OCC3CC3)cc2)cc1. The molecule has 3 aromatic carbocycles. The van der Waals surface area contributed by atoms with E-state index in [1.807, 2.05) is 42.5 Å². The fourth-order valence-corrected chi connectivity index (χ4v) is 2.86. The summed E-state index contributed by atoms with van der Waals surface area (Å²) >= 11 is 0. The molecule has 1 saturated carbocycles. The van der Waals surface area contributed by atoms with E-state index < -0.39 is 0 Å². The zero-order chi connectivity index (χ0) is 20.8. The first kappa shape index (κ1) is 19.5. The van der Waals surface area contributed by atoms with E-state index in [0.717, 1.165) is 12.4 Å². The second kappa shape index (κ2) is 9.13. The highest BCUT2D eigenvalue weighted by Crippen LogP contribution is 2.29. The van der Waals surface area contributed by atoms with Crippen LogP contribution in [0.4, 0.5) is 21.9 Å². The van der Waals surface area contributed by atoms with Crippen molar-refractivity contribution in [2.24, 2.45) is 5.92 Å². The molecule has 4 rings (SSSR count). The molecule has 0 unspecified atom stereocenters. The maximum atomic E-state index is 12.4. The van der Waals surface area contributed by atoms with E-state index >= 15 is 0 Å². The predicted octanol–water partition coefficient (Wildman–Crippen LogP) is 5.37. The van der Waals surface area contributed by atoms with Gasteiger partial charge in [-0.2, -0.15) is 0 Å². The van der Waals surface area contributed by atoms with Gasteiger partial charge in [0.25, 0.3) is 5.91 Å². The molecular weight excluding hydrogens is 378 g/mol. The molecule has 0 heterocycles. The Bertz CT molecular complexity index is 998. The van der Waals surface area contributed by atoms with Crippen LogP contribution in [0.2, 0.25) is 0 Å². The molecule has 0 radical (unpaired) electrons. The maximum Gasteiger partial charge on any atom is 0.323 e. The van der Waals surface area contributed by atoms with Gasteiger partial charge in [-0.3, -0.25) is 4.79 Å². The van der Waals surface area contributed by atoms with Crippen molar-refractivity contribution in [1.29, 1.82) is 0 Å². The molecule has 1 fully saturated rings. The molecule has 1 aliphatic rings. The van der Waals surface area contributed by atoms with E-state index in [9.17, 15) is 9.59 Å². The summed E-state index contributed by atoms with van der Waals surface area (Å²) in [6.45, 7) is 0.745. The molecule has 0 aliphatic heterocycles. The number of benzene rings is 3. The van der Waals surface area contributed by atoms with Gasteiger partial charge in [0.15, 0.2) is 0 Å². The van der Waals surface area contributed by atoms with Crippen molar-refractivity contribution < 1.29 is 14.3 Å². The first-order valence-electron chi connectivity index (χ1n) is 9.93. The zero-order valence-corrected chi connectivity index (χ0v) is 16.4. The second-order valence-electron chi connectivity index (χ2n) is 7.26. The number of rotatable bonds is 7. The number of para-hydroxylation sites is 1. The van der Waals surface area contributed by atoms with E-state index in [0.29, 0.717) is 28.5 Å². The number of amides is 3. The molecule has 0 atom stereocenters. The smallest absolute Gasteiger partial charge is 0.323 e. The van der Waals surface area contributed by atoms with Crippen molar-refractivity contribution in [1.82, 2.24) is 0 Å². The molecule has 6 nitrogen and oxygen atoms in total. The highest BCUT2D eigenvalue weighted by atomic mass is 16.5. The van der Waals surface area contributed by atoms with Gasteiger partial charge in [-0.15, -0.1) is 0 Å². The lowest BCUT2D eigenvalue weighted by Gasteiger charge is -2.10. The van der Waals surface area contributed by atoms with Gasteiger partial charge in [-0.25, -0.2) is 4.79 Å². The summed E-state index contributed by atoms with van der Waals surface area (Å²) in [6, 6.07) is 22.9. The lowest BCUT2D eigenvalue weighted by atomic mass is 10.2. The van der Waals surface area contributed by atoms with Crippen LogP contribution < -0.4 is 20.7 Å². The second-order valence-corrected chi connectivity index (χ2v) is 7.26. The van der Waals surface area contributed by atoms with Gasteiger partial charge in [0.2, 0.25) is 0 Å². The highest BCUT2D eigenvalue weighted by molar-refractivity contribution is 6.04. The first-order valence-corrected chi connectivity index (χ1v) is 9.93. The average Bonchev–Trinajstić information content (AvgIpc) is 3.59. The van der Waals surface area contributed by atoms with Gasteiger partial charge >= 0.3 is 6.03 Å². The van der Waals surface area contributed by atoms with Crippen molar-refractivity contribution in [3.05, 3.63) is 84.4 Å². The molecule has 3 aromatic rings. The number of anilines is 3. The Labute approximate surface area is 175 Å². The average molecular weight is 401 g/mol. The summed E-state index contributed by atoms with van der Waals surface area (Å²) in [6.07, 6.45) is 2.49. The van der Waals surface area contributed by atoms with Crippen LogP contribution in [0.5, 0.6) is 5.75 Å². The van der Waals surface area contributed by atoms with Crippen LogP contribution in [0.25, 0.3) is 0 Å². The quantitative estimate of drug-likeness (QED) is 0.498. The summed E-state index contributed by atoms with van der Waals surface area (Å²) in [5.41, 5.74) is 2.53. The molecule has 30 heavy (non-hydrogen) atoms. The molecular formula is C24H23N3O3. The minimum atomic E-state index is -0.332. The lowest BCUT2D eigenvalue weighted by molar-refractivity contribution is 0.102. The van der Waals surface area contributed by atoms with Crippen LogP contribution in [0, 0.1) is 5.92 Å². The fraction of sp³-hybridized carbons (Fsp3) is 0.167. The van der Waals surface area contributed by atoms with E-state index in [1.165, 1.54) is 12.8 Å². The third-order valence-corrected chi connectivity index (χ3v) is 4.73. The lowest BCUT2D eigenvalue weighted by Crippen LogP contribution is -2.19. The Morgan fingerprint density at radius 3 is 1.90 bits per heavy atom. The van der Waals surface area contributed by atoms with E-state index in [2.05, 4.69) is 16.0 Å². The first-order chi connectivity index (χ1) is 14.7. The standard InChI is InChI=1S/C24H23N3O3/c28-23(18-8-14-22(15-9-18)30-16-17-6-7-17)25-20-10-12-21(13-11-20)27-24(29)26-19-4-2-1-3-5-19/h1-5,8-15,17H,6-7,16H2,(H,25,28)(H2,26,27,29). The number of nitrogens with one attached hydrogen (secondary N) is 3. The number of carbonyl (C=O) groups is 2. The Hall–Kier alpha value is -3.80. The Balaban J connectivity index is 1.28. The van der Waals surface area contributed by atoms with Crippen molar-refractivity contribution in [3.63, 3.8) is 0 Å². The molecule has 0 saturated heterocycles. The van der Waals surface area contributed by atoms with Crippen LogP contribution in [0.3, 0.4) is 0 Å². The van der Waals surface area contributed by atoms with Crippen LogP contribution >= 0.6 is 0 Å². The van der Waals surface area contributed by atoms with E-state index in [-0.39, 0.29) is 11.9 Å². The maximum absolute atomic E-state index is 12.4. The fourth-order valence-electron chi connectivity index (χ4n) is 2.86. The predicted molar refractivity (Wildman–Crippen MR) is 118 cm³/mol. The molecule has 6 heteroatoms. The van der Waals surface area contributed by atoms with Gasteiger partial charge < -0.3 is 20.7 Å². The summed E-state index contributed by atoms with van der Waals surface area (Å²) in [4.78, 5) is 24.5. The molecule has 152 valence electrons.